The lowest BCUT2D eigenvalue weighted by atomic mass is 10.1. The summed E-state index contributed by atoms with van der Waals surface area (Å²) in [6.45, 7) is 1.71. The summed E-state index contributed by atoms with van der Waals surface area (Å²) in [6.07, 6.45) is -4.55. The van der Waals surface area contributed by atoms with Gasteiger partial charge in [-0.3, -0.25) is 14.5 Å². The predicted octanol–water partition coefficient (Wildman–Crippen LogP) is 3.72. The van der Waals surface area contributed by atoms with Crippen molar-refractivity contribution in [2.75, 3.05) is 43.8 Å². The molecular weight excluding hydrogens is 457 g/mol. The smallest absolute Gasteiger partial charge is 0.418 e. The van der Waals surface area contributed by atoms with Gasteiger partial charge in [-0.2, -0.15) is 13.2 Å². The van der Waals surface area contributed by atoms with Crippen LogP contribution in [0.2, 0.25) is 0 Å². The molecule has 2 aromatic carbocycles. The van der Waals surface area contributed by atoms with E-state index in [2.05, 4.69) is 10.3 Å². The van der Waals surface area contributed by atoms with Gasteiger partial charge >= 0.3 is 6.18 Å². The first-order valence-electron chi connectivity index (χ1n) is 10.2. The Kier molecular flexibility index (Phi) is 6.89. The van der Waals surface area contributed by atoms with Crippen molar-refractivity contribution in [3.05, 3.63) is 54.1 Å². The number of amides is 2. The number of carbonyl (C=O) groups is 2. The van der Waals surface area contributed by atoms with Gasteiger partial charge in [0.05, 0.1) is 23.5 Å². The number of aromatic nitrogens is 1. The lowest BCUT2D eigenvalue weighted by Crippen LogP contribution is -2.50. The second-order valence-electron chi connectivity index (χ2n) is 7.48. The average molecular weight is 478 g/mol. The lowest BCUT2D eigenvalue weighted by Gasteiger charge is -2.34. The van der Waals surface area contributed by atoms with E-state index in [1.807, 2.05) is 29.2 Å². The van der Waals surface area contributed by atoms with Crippen LogP contribution in [0.25, 0.3) is 11.1 Å². The van der Waals surface area contributed by atoms with E-state index in [9.17, 15) is 22.8 Å². The number of thioether (sulfide) groups is 1. The highest BCUT2D eigenvalue weighted by Crippen LogP contribution is 2.34. The molecule has 0 spiro atoms. The molecule has 3 aromatic rings. The van der Waals surface area contributed by atoms with Gasteiger partial charge in [-0.1, -0.05) is 36.0 Å². The maximum Gasteiger partial charge on any atom is 0.418 e. The molecule has 7 nitrogen and oxygen atoms in total. The molecule has 0 atom stereocenters. The Hall–Kier alpha value is -3.05. The van der Waals surface area contributed by atoms with Crippen molar-refractivity contribution in [2.24, 2.45) is 0 Å². The second kappa shape index (κ2) is 9.84. The molecule has 11 heteroatoms. The number of nitrogens with one attached hydrogen (secondary N) is 1. The summed E-state index contributed by atoms with van der Waals surface area (Å²) in [5.74, 6) is -0.412. The summed E-state index contributed by atoms with van der Waals surface area (Å²) in [6, 6.07) is 12.2. The molecule has 0 aliphatic carbocycles. The summed E-state index contributed by atoms with van der Waals surface area (Å²) in [5.41, 5.74) is 0.250. The van der Waals surface area contributed by atoms with E-state index in [1.54, 1.807) is 4.90 Å². The zero-order valence-electron chi connectivity index (χ0n) is 17.5. The first-order valence-corrected chi connectivity index (χ1v) is 11.2. The molecule has 1 fully saturated rings. The zero-order valence-corrected chi connectivity index (χ0v) is 18.3. The quantitative estimate of drug-likeness (QED) is 0.544. The summed E-state index contributed by atoms with van der Waals surface area (Å²) >= 11 is 1.23. The number of carbonyl (C=O) groups excluding carboxylic acids is 2. The average Bonchev–Trinajstić information content (AvgIpc) is 3.20. The molecular formula is C22H21F3N4O3S. The third-order valence-electron chi connectivity index (χ3n) is 5.19. The molecule has 1 aliphatic heterocycles. The van der Waals surface area contributed by atoms with Crippen LogP contribution in [0.15, 0.2) is 58.2 Å². The van der Waals surface area contributed by atoms with Gasteiger partial charge in [0.25, 0.3) is 5.22 Å². The van der Waals surface area contributed by atoms with E-state index in [4.69, 9.17) is 4.42 Å². The molecule has 0 bridgehead atoms. The number of hydrogen-bond donors (Lipinski definition) is 1. The fourth-order valence-electron chi connectivity index (χ4n) is 3.52. The molecule has 2 heterocycles. The van der Waals surface area contributed by atoms with Gasteiger partial charge in [0.2, 0.25) is 11.8 Å². The second-order valence-corrected chi connectivity index (χ2v) is 8.41. The molecule has 0 unspecified atom stereocenters. The van der Waals surface area contributed by atoms with Gasteiger partial charge in [-0.15, -0.1) is 0 Å². The Balaban J connectivity index is 1.23. The van der Waals surface area contributed by atoms with Crippen molar-refractivity contribution in [2.45, 2.75) is 11.4 Å². The number of para-hydroxylation sites is 3. The number of rotatable bonds is 6. The topological polar surface area (TPSA) is 78.7 Å². The fourth-order valence-corrected chi connectivity index (χ4v) is 4.26. The number of hydrogen-bond acceptors (Lipinski definition) is 6. The molecule has 0 saturated carbocycles. The van der Waals surface area contributed by atoms with Crippen LogP contribution in [0.4, 0.5) is 18.9 Å². The van der Waals surface area contributed by atoms with E-state index < -0.39 is 17.6 Å². The molecule has 33 heavy (non-hydrogen) atoms. The maximum atomic E-state index is 13.1. The third-order valence-corrected chi connectivity index (χ3v) is 6.01. The van der Waals surface area contributed by atoms with Crippen molar-refractivity contribution in [3.8, 4) is 0 Å². The minimum Gasteiger partial charge on any atom is -0.431 e. The fraction of sp³-hybridized carbons (Fsp3) is 0.318. The summed E-state index contributed by atoms with van der Waals surface area (Å²) in [7, 11) is 0. The van der Waals surface area contributed by atoms with Crippen LogP contribution in [-0.4, -0.2) is 65.1 Å². The Labute approximate surface area is 191 Å². The minimum atomic E-state index is -4.55. The van der Waals surface area contributed by atoms with Gasteiger partial charge in [-0.05, 0) is 24.3 Å². The highest BCUT2D eigenvalue weighted by molar-refractivity contribution is 7.99. The number of nitrogens with zero attached hydrogens (tertiary/aromatic N) is 3. The molecule has 1 N–H and O–H groups in total. The van der Waals surface area contributed by atoms with Crippen molar-refractivity contribution in [1.29, 1.82) is 0 Å². The van der Waals surface area contributed by atoms with Gasteiger partial charge in [0, 0.05) is 26.2 Å². The van der Waals surface area contributed by atoms with Gasteiger partial charge in [0.1, 0.15) is 5.52 Å². The van der Waals surface area contributed by atoms with Crippen LogP contribution >= 0.6 is 11.8 Å². The molecule has 1 saturated heterocycles. The number of anilines is 1. The van der Waals surface area contributed by atoms with E-state index in [0.717, 1.165) is 11.6 Å². The van der Waals surface area contributed by atoms with E-state index in [-0.39, 0.29) is 23.9 Å². The van der Waals surface area contributed by atoms with Crippen LogP contribution in [0, 0.1) is 0 Å². The van der Waals surface area contributed by atoms with Gasteiger partial charge in [-0.25, -0.2) is 4.98 Å². The predicted molar refractivity (Wildman–Crippen MR) is 118 cm³/mol. The number of oxazole rings is 1. The third kappa shape index (κ3) is 5.85. The highest BCUT2D eigenvalue weighted by atomic mass is 32.2. The van der Waals surface area contributed by atoms with Crippen molar-refractivity contribution >= 4 is 40.4 Å². The summed E-state index contributed by atoms with van der Waals surface area (Å²) in [5, 5.41) is 2.78. The van der Waals surface area contributed by atoms with Crippen LogP contribution in [0.3, 0.4) is 0 Å². The molecule has 0 radical (unpaired) electrons. The molecule has 1 aromatic heterocycles. The Bertz CT molecular complexity index is 1110. The van der Waals surface area contributed by atoms with Crippen molar-refractivity contribution in [3.63, 3.8) is 0 Å². The molecule has 174 valence electrons. The maximum absolute atomic E-state index is 13.1. The van der Waals surface area contributed by atoms with E-state index in [1.165, 1.54) is 30.0 Å². The van der Waals surface area contributed by atoms with Crippen LogP contribution in [-0.2, 0) is 15.8 Å². The van der Waals surface area contributed by atoms with Crippen molar-refractivity contribution in [1.82, 2.24) is 14.8 Å². The Morgan fingerprint density at radius 3 is 2.45 bits per heavy atom. The lowest BCUT2D eigenvalue weighted by molar-refractivity contribution is -0.137. The van der Waals surface area contributed by atoms with Crippen LogP contribution in [0.5, 0.6) is 0 Å². The molecule has 2 amide bonds. The summed E-state index contributed by atoms with van der Waals surface area (Å²) in [4.78, 5) is 32.6. The SMILES string of the molecule is O=C(CN1CCN(C(=O)CSc2nc3ccccc3o2)CC1)Nc1ccccc1C(F)(F)F. The Morgan fingerprint density at radius 1 is 1.03 bits per heavy atom. The van der Waals surface area contributed by atoms with Gasteiger partial charge in [0.15, 0.2) is 5.58 Å². The number of alkyl halides is 3. The first-order chi connectivity index (χ1) is 15.8. The first kappa shape index (κ1) is 23.1. The Morgan fingerprint density at radius 2 is 1.73 bits per heavy atom. The van der Waals surface area contributed by atoms with Crippen molar-refractivity contribution < 1.29 is 27.2 Å². The monoisotopic (exact) mass is 478 g/mol. The minimum absolute atomic E-state index is 0.0497. The number of halogens is 3. The number of benzene rings is 2. The van der Waals surface area contributed by atoms with Gasteiger partial charge < -0.3 is 14.6 Å². The molecule has 1 aliphatic rings. The number of piperazine rings is 1. The molecule has 4 rings (SSSR count). The van der Waals surface area contributed by atoms with E-state index in [0.29, 0.717) is 37.0 Å². The standard InChI is InChI=1S/C22H21F3N4O3S/c23-22(24,25)15-5-1-2-6-16(15)26-19(30)13-28-9-11-29(12-10-28)20(31)14-33-21-27-17-7-3-4-8-18(17)32-21/h1-8H,9-14H2,(H,26,30). The van der Waals surface area contributed by atoms with Crippen LogP contribution in [0.1, 0.15) is 5.56 Å². The largest absolute Gasteiger partial charge is 0.431 e. The van der Waals surface area contributed by atoms with Crippen LogP contribution < -0.4 is 5.32 Å². The normalized spacial score (nSPS) is 15.1. The highest BCUT2D eigenvalue weighted by Gasteiger charge is 2.33. The van der Waals surface area contributed by atoms with E-state index >= 15 is 0 Å². The number of fused-ring (bicyclic) bond motifs is 1. The summed E-state index contributed by atoms with van der Waals surface area (Å²) < 4.78 is 44.9. The zero-order chi connectivity index (χ0) is 23.4.